The number of rotatable bonds is 4. The topological polar surface area (TPSA) is 58.4 Å². The summed E-state index contributed by atoms with van der Waals surface area (Å²) in [7, 11) is 0. The van der Waals surface area contributed by atoms with Crippen LogP contribution in [0.2, 0.25) is 0 Å². The van der Waals surface area contributed by atoms with Gasteiger partial charge in [0, 0.05) is 24.0 Å². The van der Waals surface area contributed by atoms with E-state index in [1.165, 1.54) is 10.4 Å². The number of anilines is 1. The van der Waals surface area contributed by atoms with Gasteiger partial charge in [0.25, 0.3) is 0 Å². The smallest absolute Gasteiger partial charge is 0.242 e. The Labute approximate surface area is 127 Å². The highest BCUT2D eigenvalue weighted by Crippen LogP contribution is 2.26. The minimum atomic E-state index is -0.130. The Kier molecular flexibility index (Phi) is 4.07. The van der Waals surface area contributed by atoms with Gasteiger partial charge in [-0.2, -0.15) is 0 Å². The van der Waals surface area contributed by atoms with Crippen molar-refractivity contribution in [2.75, 3.05) is 11.9 Å². The molecule has 0 saturated heterocycles. The molecule has 0 bridgehead atoms. The Morgan fingerprint density at radius 2 is 2.48 bits per heavy atom. The van der Waals surface area contributed by atoms with Crippen LogP contribution in [0.15, 0.2) is 22.0 Å². The van der Waals surface area contributed by atoms with E-state index in [0.29, 0.717) is 11.6 Å². The number of hydrogen-bond donors (Lipinski definition) is 1. The minimum Gasteiger partial charge on any atom is -0.360 e. The fraction of sp³-hybridized carbons (Fsp3) is 0.467. The number of carbonyl (C=O) groups is 1. The Morgan fingerprint density at radius 3 is 3.19 bits per heavy atom. The summed E-state index contributed by atoms with van der Waals surface area (Å²) in [5.41, 5.74) is 1.36. The molecule has 0 aliphatic carbocycles. The van der Waals surface area contributed by atoms with Crippen molar-refractivity contribution in [3.63, 3.8) is 0 Å². The molecule has 0 aromatic carbocycles. The van der Waals surface area contributed by atoms with Crippen LogP contribution >= 0.6 is 11.3 Å². The van der Waals surface area contributed by atoms with E-state index in [-0.39, 0.29) is 11.9 Å². The van der Waals surface area contributed by atoms with Gasteiger partial charge in [-0.1, -0.05) is 12.1 Å². The second-order valence-electron chi connectivity index (χ2n) is 5.33. The molecule has 112 valence electrons. The van der Waals surface area contributed by atoms with Gasteiger partial charge in [0.15, 0.2) is 5.82 Å². The highest BCUT2D eigenvalue weighted by Gasteiger charge is 2.28. The number of nitrogens with zero attached hydrogens (tertiary/aromatic N) is 2. The second kappa shape index (κ2) is 5.99. The zero-order valence-electron chi connectivity index (χ0n) is 12.3. The fourth-order valence-electron chi connectivity index (χ4n) is 2.78. The average Bonchev–Trinajstić information content (AvgIpc) is 3.08. The van der Waals surface area contributed by atoms with Crippen molar-refractivity contribution in [2.24, 2.45) is 0 Å². The number of thiophene rings is 1. The van der Waals surface area contributed by atoms with Crippen LogP contribution in [0.5, 0.6) is 0 Å². The lowest BCUT2D eigenvalue weighted by Gasteiger charge is -2.32. The molecule has 1 N–H and O–H groups in total. The zero-order valence-corrected chi connectivity index (χ0v) is 13.1. The Bertz CT molecular complexity index is 634. The lowest BCUT2D eigenvalue weighted by atomic mass is 10.1. The number of nitrogens with one attached hydrogen (secondary N) is 1. The average molecular weight is 305 g/mol. The third-order valence-corrected chi connectivity index (χ3v) is 4.87. The quantitative estimate of drug-likeness (QED) is 0.943. The van der Waals surface area contributed by atoms with E-state index < -0.39 is 0 Å². The molecule has 2 aromatic heterocycles. The maximum atomic E-state index is 12.5. The molecule has 1 aliphatic heterocycles. The molecule has 0 saturated carbocycles. The van der Waals surface area contributed by atoms with Gasteiger partial charge >= 0.3 is 0 Å². The fourth-order valence-corrected chi connectivity index (χ4v) is 3.67. The minimum absolute atomic E-state index is 0.00974. The lowest BCUT2D eigenvalue weighted by molar-refractivity contribution is -0.121. The summed E-state index contributed by atoms with van der Waals surface area (Å²) in [5, 5.41) is 8.80. The standard InChI is InChI=1S/C15H19N3O2S/c1-3-12(15(19)16-14-8-10(2)20-17-14)18-6-4-13-11(9-18)5-7-21-13/h5,7-8,12H,3-4,6,9H2,1-2H3,(H,16,17,19). The molecule has 0 spiro atoms. The molecule has 5 nitrogen and oxygen atoms in total. The molecule has 1 atom stereocenters. The van der Waals surface area contributed by atoms with Crippen molar-refractivity contribution in [3.05, 3.63) is 33.7 Å². The Morgan fingerprint density at radius 1 is 1.62 bits per heavy atom. The van der Waals surface area contributed by atoms with Crippen molar-refractivity contribution in [2.45, 2.75) is 39.3 Å². The van der Waals surface area contributed by atoms with Gasteiger partial charge in [0.1, 0.15) is 5.76 Å². The number of amides is 1. The molecule has 1 unspecified atom stereocenters. The van der Waals surface area contributed by atoms with Gasteiger partial charge in [-0.3, -0.25) is 9.69 Å². The van der Waals surface area contributed by atoms with Crippen molar-refractivity contribution in [1.29, 1.82) is 0 Å². The molecule has 6 heteroatoms. The van der Waals surface area contributed by atoms with E-state index in [1.54, 1.807) is 6.07 Å². The molecule has 21 heavy (non-hydrogen) atoms. The molecule has 1 amide bonds. The number of fused-ring (bicyclic) bond motifs is 1. The van der Waals surface area contributed by atoms with Crippen LogP contribution in [-0.4, -0.2) is 28.6 Å². The number of carbonyl (C=O) groups excluding carboxylic acids is 1. The van der Waals surface area contributed by atoms with Crippen molar-refractivity contribution < 1.29 is 9.32 Å². The highest BCUT2D eigenvalue weighted by atomic mass is 32.1. The number of aromatic nitrogens is 1. The molecular formula is C15H19N3O2S. The summed E-state index contributed by atoms with van der Waals surface area (Å²) in [6.07, 6.45) is 1.81. The van der Waals surface area contributed by atoms with E-state index in [4.69, 9.17) is 4.52 Å². The van der Waals surface area contributed by atoms with E-state index in [2.05, 4.69) is 26.8 Å². The Balaban J connectivity index is 1.69. The first-order valence-electron chi connectivity index (χ1n) is 7.21. The van der Waals surface area contributed by atoms with Gasteiger partial charge in [0.05, 0.1) is 6.04 Å². The predicted octanol–water partition coefficient (Wildman–Crippen LogP) is 2.82. The van der Waals surface area contributed by atoms with E-state index in [9.17, 15) is 4.79 Å². The maximum absolute atomic E-state index is 12.5. The molecule has 2 aromatic rings. The largest absolute Gasteiger partial charge is 0.360 e. The molecule has 3 rings (SSSR count). The van der Waals surface area contributed by atoms with E-state index >= 15 is 0 Å². The van der Waals surface area contributed by atoms with Crippen molar-refractivity contribution >= 4 is 23.1 Å². The summed E-state index contributed by atoms with van der Waals surface area (Å²) in [6, 6.07) is 3.77. The van der Waals surface area contributed by atoms with Crippen molar-refractivity contribution in [1.82, 2.24) is 10.1 Å². The van der Waals surface area contributed by atoms with Crippen LogP contribution in [0.1, 0.15) is 29.5 Å². The molecular weight excluding hydrogens is 286 g/mol. The van der Waals surface area contributed by atoms with Crippen LogP contribution in [-0.2, 0) is 17.8 Å². The number of hydrogen-bond acceptors (Lipinski definition) is 5. The van der Waals surface area contributed by atoms with Crippen molar-refractivity contribution in [3.8, 4) is 0 Å². The molecule has 0 fully saturated rings. The van der Waals surface area contributed by atoms with Gasteiger partial charge in [-0.05, 0) is 36.8 Å². The van der Waals surface area contributed by atoms with Crippen LogP contribution in [0.25, 0.3) is 0 Å². The van der Waals surface area contributed by atoms with Crippen LogP contribution in [0.4, 0.5) is 5.82 Å². The first-order valence-corrected chi connectivity index (χ1v) is 8.09. The predicted molar refractivity (Wildman–Crippen MR) is 82.4 cm³/mol. The Hall–Kier alpha value is -1.66. The van der Waals surface area contributed by atoms with Crippen LogP contribution < -0.4 is 5.32 Å². The first-order chi connectivity index (χ1) is 10.2. The molecule has 3 heterocycles. The highest BCUT2D eigenvalue weighted by molar-refractivity contribution is 7.10. The van der Waals surface area contributed by atoms with Crippen LogP contribution in [0.3, 0.4) is 0 Å². The van der Waals surface area contributed by atoms with Gasteiger partial charge < -0.3 is 9.84 Å². The normalized spacial score (nSPS) is 16.5. The van der Waals surface area contributed by atoms with E-state index in [1.807, 2.05) is 25.2 Å². The summed E-state index contributed by atoms with van der Waals surface area (Å²) >= 11 is 1.81. The van der Waals surface area contributed by atoms with Gasteiger partial charge in [0.2, 0.25) is 5.91 Å². The SMILES string of the molecule is CCC(C(=O)Nc1cc(C)on1)N1CCc2sccc2C1. The molecule has 1 aliphatic rings. The summed E-state index contributed by atoms with van der Waals surface area (Å²) in [5.74, 6) is 1.17. The molecule has 0 radical (unpaired) electrons. The third-order valence-electron chi connectivity index (χ3n) is 3.85. The lowest BCUT2D eigenvalue weighted by Crippen LogP contribution is -2.45. The van der Waals surface area contributed by atoms with Crippen LogP contribution in [0, 0.1) is 6.92 Å². The summed E-state index contributed by atoms with van der Waals surface area (Å²) < 4.78 is 4.98. The maximum Gasteiger partial charge on any atom is 0.242 e. The number of aryl methyl sites for hydroxylation is 1. The third kappa shape index (κ3) is 3.01. The second-order valence-corrected chi connectivity index (χ2v) is 6.33. The summed E-state index contributed by atoms with van der Waals surface area (Å²) in [6.45, 7) is 5.63. The van der Waals surface area contributed by atoms with Gasteiger partial charge in [-0.25, -0.2) is 0 Å². The monoisotopic (exact) mass is 305 g/mol. The zero-order chi connectivity index (χ0) is 14.8. The summed E-state index contributed by atoms with van der Waals surface area (Å²) in [4.78, 5) is 16.2. The van der Waals surface area contributed by atoms with Gasteiger partial charge in [-0.15, -0.1) is 11.3 Å². The first kappa shape index (κ1) is 14.3. The van der Waals surface area contributed by atoms with E-state index in [0.717, 1.165) is 25.9 Å².